The van der Waals surface area contributed by atoms with Gasteiger partial charge < -0.3 is 10.5 Å². The molecule has 2 N–H and O–H groups in total. The van der Waals surface area contributed by atoms with Gasteiger partial charge in [-0.05, 0) is 35.7 Å². The van der Waals surface area contributed by atoms with Crippen LogP contribution in [0.1, 0.15) is 30.5 Å². The standard InChI is InChI=1S/C16H18ClNO/c1-2-16(18)14-10-13(8-9-15(14)17)19-11-12-6-4-3-5-7-12/h3-10,16H,2,11,18H2,1H3. The summed E-state index contributed by atoms with van der Waals surface area (Å²) in [7, 11) is 0. The third kappa shape index (κ3) is 3.72. The van der Waals surface area contributed by atoms with Crippen molar-refractivity contribution < 1.29 is 4.74 Å². The Balaban J connectivity index is 2.09. The Labute approximate surface area is 119 Å². The van der Waals surface area contributed by atoms with Crippen molar-refractivity contribution in [2.24, 2.45) is 5.73 Å². The fourth-order valence-electron chi connectivity index (χ4n) is 1.86. The van der Waals surface area contributed by atoms with Crippen molar-refractivity contribution in [1.82, 2.24) is 0 Å². The van der Waals surface area contributed by atoms with Crippen molar-refractivity contribution in [2.75, 3.05) is 0 Å². The second kappa shape index (κ2) is 6.60. The predicted octanol–water partition coefficient (Wildman–Crippen LogP) is 4.33. The summed E-state index contributed by atoms with van der Waals surface area (Å²) < 4.78 is 5.77. The van der Waals surface area contributed by atoms with Crippen LogP contribution in [-0.4, -0.2) is 0 Å². The van der Waals surface area contributed by atoms with Gasteiger partial charge in [0.05, 0.1) is 0 Å². The minimum atomic E-state index is -0.0484. The average molecular weight is 276 g/mol. The van der Waals surface area contributed by atoms with E-state index in [1.165, 1.54) is 0 Å². The molecule has 2 aromatic rings. The predicted molar refractivity (Wildman–Crippen MR) is 79.4 cm³/mol. The smallest absolute Gasteiger partial charge is 0.120 e. The number of hydrogen-bond donors (Lipinski definition) is 1. The van der Waals surface area contributed by atoms with E-state index in [4.69, 9.17) is 22.1 Å². The van der Waals surface area contributed by atoms with E-state index in [9.17, 15) is 0 Å². The minimum Gasteiger partial charge on any atom is -0.489 e. The maximum absolute atomic E-state index is 6.15. The van der Waals surface area contributed by atoms with Crippen molar-refractivity contribution in [3.8, 4) is 5.75 Å². The summed E-state index contributed by atoms with van der Waals surface area (Å²) in [6, 6.07) is 15.7. The van der Waals surface area contributed by atoms with E-state index >= 15 is 0 Å². The van der Waals surface area contributed by atoms with E-state index in [-0.39, 0.29) is 6.04 Å². The first-order valence-electron chi connectivity index (χ1n) is 6.42. The Bertz CT molecular complexity index is 528. The molecule has 0 heterocycles. The zero-order valence-corrected chi connectivity index (χ0v) is 11.7. The summed E-state index contributed by atoms with van der Waals surface area (Å²) in [5, 5.41) is 0.696. The highest BCUT2D eigenvalue weighted by Gasteiger charge is 2.09. The van der Waals surface area contributed by atoms with Gasteiger partial charge >= 0.3 is 0 Å². The summed E-state index contributed by atoms with van der Waals surface area (Å²) in [5.74, 6) is 0.798. The topological polar surface area (TPSA) is 35.2 Å². The first-order chi connectivity index (χ1) is 9.20. The molecule has 0 aromatic heterocycles. The van der Waals surface area contributed by atoms with Crippen LogP contribution in [0.15, 0.2) is 48.5 Å². The van der Waals surface area contributed by atoms with Gasteiger partial charge in [-0.25, -0.2) is 0 Å². The zero-order chi connectivity index (χ0) is 13.7. The Kier molecular flexibility index (Phi) is 4.83. The fraction of sp³-hybridized carbons (Fsp3) is 0.250. The molecule has 2 rings (SSSR count). The summed E-state index contributed by atoms with van der Waals surface area (Å²) >= 11 is 6.15. The van der Waals surface area contributed by atoms with Crippen LogP contribution in [0.4, 0.5) is 0 Å². The van der Waals surface area contributed by atoms with Crippen LogP contribution in [-0.2, 0) is 6.61 Å². The third-order valence-electron chi connectivity index (χ3n) is 3.06. The van der Waals surface area contributed by atoms with E-state index in [1.54, 1.807) is 0 Å². The van der Waals surface area contributed by atoms with Crippen LogP contribution in [0.2, 0.25) is 5.02 Å². The monoisotopic (exact) mass is 275 g/mol. The molecule has 1 unspecified atom stereocenters. The van der Waals surface area contributed by atoms with Crippen molar-refractivity contribution in [3.63, 3.8) is 0 Å². The van der Waals surface area contributed by atoms with Crippen LogP contribution in [0.3, 0.4) is 0 Å². The second-order valence-corrected chi connectivity index (χ2v) is 4.88. The summed E-state index contributed by atoms with van der Waals surface area (Å²) in [6.45, 7) is 2.59. The van der Waals surface area contributed by atoms with Crippen LogP contribution >= 0.6 is 11.6 Å². The molecule has 0 spiro atoms. The van der Waals surface area contributed by atoms with Gasteiger partial charge in [0.25, 0.3) is 0 Å². The molecular formula is C16H18ClNO. The van der Waals surface area contributed by atoms with Gasteiger partial charge in [0.1, 0.15) is 12.4 Å². The summed E-state index contributed by atoms with van der Waals surface area (Å²) in [4.78, 5) is 0. The molecular weight excluding hydrogens is 258 g/mol. The van der Waals surface area contributed by atoms with Gasteiger partial charge in [-0.15, -0.1) is 0 Å². The van der Waals surface area contributed by atoms with E-state index in [1.807, 2.05) is 55.5 Å². The summed E-state index contributed by atoms with van der Waals surface area (Å²) in [5.41, 5.74) is 8.11. The molecule has 0 radical (unpaired) electrons. The zero-order valence-electron chi connectivity index (χ0n) is 11.0. The van der Waals surface area contributed by atoms with Gasteiger partial charge in [-0.3, -0.25) is 0 Å². The lowest BCUT2D eigenvalue weighted by Gasteiger charge is -2.14. The van der Waals surface area contributed by atoms with Crippen LogP contribution in [0, 0.1) is 0 Å². The van der Waals surface area contributed by atoms with Crippen LogP contribution in [0.25, 0.3) is 0 Å². The number of nitrogens with two attached hydrogens (primary N) is 1. The van der Waals surface area contributed by atoms with Crippen LogP contribution in [0.5, 0.6) is 5.75 Å². The normalized spacial score (nSPS) is 12.2. The molecule has 19 heavy (non-hydrogen) atoms. The first-order valence-corrected chi connectivity index (χ1v) is 6.80. The molecule has 0 aliphatic heterocycles. The number of benzene rings is 2. The highest BCUT2D eigenvalue weighted by molar-refractivity contribution is 6.31. The number of halogens is 1. The maximum atomic E-state index is 6.15. The highest BCUT2D eigenvalue weighted by Crippen LogP contribution is 2.28. The molecule has 0 fully saturated rings. The lowest BCUT2D eigenvalue weighted by atomic mass is 10.1. The van der Waals surface area contributed by atoms with E-state index in [0.717, 1.165) is 23.3 Å². The lowest BCUT2D eigenvalue weighted by molar-refractivity contribution is 0.305. The Morgan fingerprint density at radius 3 is 2.58 bits per heavy atom. The lowest BCUT2D eigenvalue weighted by Crippen LogP contribution is -2.09. The van der Waals surface area contributed by atoms with Crippen molar-refractivity contribution in [2.45, 2.75) is 26.0 Å². The average Bonchev–Trinajstić information content (AvgIpc) is 2.46. The molecule has 0 aliphatic carbocycles. The van der Waals surface area contributed by atoms with Crippen molar-refractivity contribution in [3.05, 3.63) is 64.7 Å². The Morgan fingerprint density at radius 1 is 1.16 bits per heavy atom. The molecule has 0 bridgehead atoms. The van der Waals surface area contributed by atoms with Crippen molar-refractivity contribution >= 4 is 11.6 Å². The van der Waals surface area contributed by atoms with Crippen molar-refractivity contribution in [1.29, 1.82) is 0 Å². The van der Waals surface area contributed by atoms with E-state index in [2.05, 4.69) is 0 Å². The molecule has 3 heteroatoms. The molecule has 2 nitrogen and oxygen atoms in total. The minimum absolute atomic E-state index is 0.0484. The SMILES string of the molecule is CCC(N)c1cc(OCc2ccccc2)ccc1Cl. The van der Waals surface area contributed by atoms with Gasteiger partial charge in [0.2, 0.25) is 0 Å². The number of rotatable bonds is 5. The van der Waals surface area contributed by atoms with Gasteiger partial charge in [-0.2, -0.15) is 0 Å². The van der Waals surface area contributed by atoms with Crippen LogP contribution < -0.4 is 10.5 Å². The fourth-order valence-corrected chi connectivity index (χ4v) is 2.11. The quantitative estimate of drug-likeness (QED) is 0.881. The molecule has 0 amide bonds. The Hall–Kier alpha value is -1.51. The first kappa shape index (κ1) is 13.9. The molecule has 2 aromatic carbocycles. The van der Waals surface area contributed by atoms with E-state index in [0.29, 0.717) is 11.6 Å². The van der Waals surface area contributed by atoms with E-state index < -0.39 is 0 Å². The van der Waals surface area contributed by atoms with Gasteiger partial charge in [0.15, 0.2) is 0 Å². The van der Waals surface area contributed by atoms with Gasteiger partial charge in [0, 0.05) is 11.1 Å². The molecule has 0 saturated carbocycles. The maximum Gasteiger partial charge on any atom is 0.120 e. The molecule has 100 valence electrons. The third-order valence-corrected chi connectivity index (χ3v) is 3.40. The number of hydrogen-bond acceptors (Lipinski definition) is 2. The second-order valence-electron chi connectivity index (χ2n) is 4.47. The molecule has 0 saturated heterocycles. The Morgan fingerprint density at radius 2 is 1.89 bits per heavy atom. The summed E-state index contributed by atoms with van der Waals surface area (Å²) in [6.07, 6.45) is 0.849. The molecule has 1 atom stereocenters. The highest BCUT2D eigenvalue weighted by atomic mass is 35.5. The van der Waals surface area contributed by atoms with Gasteiger partial charge in [-0.1, -0.05) is 48.9 Å². The number of ether oxygens (including phenoxy) is 1. The molecule has 0 aliphatic rings. The largest absolute Gasteiger partial charge is 0.489 e.